The molecule has 3 N–H and O–H groups in total. The average molecular weight is 224 g/mol. The first kappa shape index (κ1) is 23.1. The second kappa shape index (κ2) is 29.6. The van der Waals surface area contributed by atoms with Crippen LogP contribution in [0.5, 0.6) is 0 Å². The van der Waals surface area contributed by atoms with E-state index < -0.39 is 0 Å². The van der Waals surface area contributed by atoms with Crippen molar-refractivity contribution in [3.63, 3.8) is 0 Å². The molecular formula is C9H20O3Ti. The van der Waals surface area contributed by atoms with E-state index in [1.807, 2.05) is 0 Å². The van der Waals surface area contributed by atoms with Gasteiger partial charge < -0.3 is 15.3 Å². The molecule has 0 radical (unpaired) electrons. The number of allylic oxidation sites excluding steroid dienone is 4. The van der Waals surface area contributed by atoms with Crippen LogP contribution in [0.4, 0.5) is 0 Å². The van der Waals surface area contributed by atoms with Crippen LogP contribution in [0.2, 0.25) is 0 Å². The number of hydrogen-bond acceptors (Lipinski definition) is 3. The first-order valence-electron chi connectivity index (χ1n) is 3.56. The van der Waals surface area contributed by atoms with Crippen LogP contribution in [-0.2, 0) is 21.7 Å². The van der Waals surface area contributed by atoms with Gasteiger partial charge in [-0.1, -0.05) is 23.8 Å². The summed E-state index contributed by atoms with van der Waals surface area (Å²) in [6.45, 7) is 2.14. The van der Waals surface area contributed by atoms with E-state index in [0.717, 1.165) is 21.3 Å². The molecule has 0 atom stereocenters. The zero-order valence-electron chi connectivity index (χ0n) is 8.78. The molecule has 4 heteroatoms. The number of aliphatic hydroxyl groups excluding tert-OH is 3. The number of rotatable bonds is 0. The van der Waals surface area contributed by atoms with Gasteiger partial charge in [0, 0.05) is 43.0 Å². The topological polar surface area (TPSA) is 60.7 Å². The third-order valence-corrected chi connectivity index (χ3v) is 0.957. The summed E-state index contributed by atoms with van der Waals surface area (Å²) in [5.74, 6) is 0. The Morgan fingerprint density at radius 3 is 1.46 bits per heavy atom. The van der Waals surface area contributed by atoms with E-state index in [-0.39, 0.29) is 21.7 Å². The van der Waals surface area contributed by atoms with E-state index in [1.54, 1.807) is 0 Å². The summed E-state index contributed by atoms with van der Waals surface area (Å²) in [5.41, 5.74) is 1.47. The second-order valence-corrected chi connectivity index (χ2v) is 1.65. The zero-order chi connectivity index (χ0) is 10.4. The third-order valence-electron chi connectivity index (χ3n) is 0.957. The quantitative estimate of drug-likeness (QED) is 0.531. The molecule has 0 spiro atoms. The first-order chi connectivity index (χ1) is 5.89. The van der Waals surface area contributed by atoms with Crippen molar-refractivity contribution in [2.24, 2.45) is 0 Å². The Morgan fingerprint density at radius 1 is 1.00 bits per heavy atom. The van der Waals surface area contributed by atoms with Crippen molar-refractivity contribution in [2.45, 2.75) is 13.3 Å². The maximum Gasteiger partial charge on any atom is 0.0319 e. The summed E-state index contributed by atoms with van der Waals surface area (Å²) in [4.78, 5) is 0. The van der Waals surface area contributed by atoms with E-state index in [0.29, 0.717) is 0 Å². The van der Waals surface area contributed by atoms with Crippen LogP contribution in [0.15, 0.2) is 23.8 Å². The Balaban J connectivity index is -0.0000000508. The molecule has 0 aromatic carbocycles. The van der Waals surface area contributed by atoms with E-state index in [2.05, 4.69) is 25.2 Å². The Labute approximate surface area is 95.7 Å². The molecule has 0 aromatic heterocycles. The van der Waals surface area contributed by atoms with Gasteiger partial charge in [-0.3, -0.25) is 0 Å². The standard InChI is InChI=1S/C6H8.3CH4O.Ti/c1-6-4-2-3-5-6;3*1-2;/h2-4H,5H2,1H3;3*2H,1H3;. The fourth-order valence-electron chi connectivity index (χ4n) is 0.554. The molecule has 0 saturated heterocycles. The third kappa shape index (κ3) is 24.5. The minimum atomic E-state index is 0. The van der Waals surface area contributed by atoms with Crippen LogP contribution >= 0.6 is 0 Å². The van der Waals surface area contributed by atoms with Crippen molar-refractivity contribution in [2.75, 3.05) is 21.3 Å². The van der Waals surface area contributed by atoms with Crippen molar-refractivity contribution >= 4 is 0 Å². The second-order valence-electron chi connectivity index (χ2n) is 1.65. The van der Waals surface area contributed by atoms with Crippen LogP contribution in [0, 0.1) is 0 Å². The summed E-state index contributed by atoms with van der Waals surface area (Å²) in [7, 11) is 3.00. The maximum atomic E-state index is 7.00. The number of hydrogen-bond donors (Lipinski definition) is 3. The van der Waals surface area contributed by atoms with E-state index in [4.69, 9.17) is 15.3 Å². The molecule has 3 nitrogen and oxygen atoms in total. The van der Waals surface area contributed by atoms with E-state index in [9.17, 15) is 0 Å². The number of aliphatic hydroxyl groups is 3. The predicted octanol–water partition coefficient (Wildman–Crippen LogP) is 0.716. The van der Waals surface area contributed by atoms with E-state index >= 15 is 0 Å². The van der Waals surface area contributed by atoms with Gasteiger partial charge in [0.2, 0.25) is 0 Å². The molecule has 0 amide bonds. The maximum absolute atomic E-state index is 7.00. The molecule has 1 aliphatic rings. The fraction of sp³-hybridized carbons (Fsp3) is 0.556. The molecule has 0 unspecified atom stereocenters. The first-order valence-corrected chi connectivity index (χ1v) is 3.56. The normalized spacial score (nSPS) is 9.92. The summed E-state index contributed by atoms with van der Waals surface area (Å²) in [6.07, 6.45) is 7.56. The zero-order valence-corrected chi connectivity index (χ0v) is 10.3. The molecular weight excluding hydrogens is 204 g/mol. The summed E-state index contributed by atoms with van der Waals surface area (Å²) < 4.78 is 0. The SMILES string of the molecule is CC1=CC=CC1.CO.CO.CO.[Ti]. The molecule has 78 valence electrons. The molecule has 1 rings (SSSR count). The monoisotopic (exact) mass is 224 g/mol. The summed E-state index contributed by atoms with van der Waals surface area (Å²) >= 11 is 0. The molecule has 0 aliphatic heterocycles. The van der Waals surface area contributed by atoms with Gasteiger partial charge in [-0.25, -0.2) is 0 Å². The molecule has 1 aliphatic carbocycles. The Bertz CT molecular complexity index is 111. The van der Waals surface area contributed by atoms with Crippen molar-refractivity contribution < 1.29 is 37.0 Å². The molecule has 0 heterocycles. The fourth-order valence-corrected chi connectivity index (χ4v) is 0.554. The van der Waals surface area contributed by atoms with Gasteiger partial charge in [0.1, 0.15) is 0 Å². The minimum Gasteiger partial charge on any atom is -0.400 e. The van der Waals surface area contributed by atoms with Gasteiger partial charge in [-0.05, 0) is 13.3 Å². The Hall–Kier alpha value is 0.0743. The molecule has 0 saturated carbocycles. The molecule has 13 heavy (non-hydrogen) atoms. The van der Waals surface area contributed by atoms with Crippen molar-refractivity contribution in [3.8, 4) is 0 Å². The van der Waals surface area contributed by atoms with Crippen molar-refractivity contribution in [1.29, 1.82) is 0 Å². The van der Waals surface area contributed by atoms with Crippen LogP contribution in [0.25, 0.3) is 0 Å². The van der Waals surface area contributed by atoms with E-state index in [1.165, 1.54) is 12.0 Å². The van der Waals surface area contributed by atoms with Crippen LogP contribution in [-0.4, -0.2) is 36.6 Å². The van der Waals surface area contributed by atoms with Gasteiger partial charge in [0.15, 0.2) is 0 Å². The van der Waals surface area contributed by atoms with Gasteiger partial charge in [0.05, 0.1) is 0 Å². The van der Waals surface area contributed by atoms with Gasteiger partial charge in [-0.15, -0.1) is 0 Å². The van der Waals surface area contributed by atoms with Crippen molar-refractivity contribution in [1.82, 2.24) is 0 Å². The van der Waals surface area contributed by atoms with Crippen LogP contribution in [0.1, 0.15) is 13.3 Å². The van der Waals surface area contributed by atoms with Crippen LogP contribution < -0.4 is 0 Å². The molecule has 0 aromatic rings. The Kier molecular flexibility index (Phi) is 52.7. The van der Waals surface area contributed by atoms with Gasteiger partial charge in [0.25, 0.3) is 0 Å². The molecule has 0 fully saturated rings. The van der Waals surface area contributed by atoms with Crippen LogP contribution in [0.3, 0.4) is 0 Å². The van der Waals surface area contributed by atoms with Gasteiger partial charge >= 0.3 is 0 Å². The Morgan fingerprint density at radius 2 is 1.38 bits per heavy atom. The summed E-state index contributed by atoms with van der Waals surface area (Å²) in [6, 6.07) is 0. The largest absolute Gasteiger partial charge is 0.400 e. The molecule has 0 bridgehead atoms. The summed E-state index contributed by atoms with van der Waals surface area (Å²) in [5, 5.41) is 21.0. The smallest absolute Gasteiger partial charge is 0.0319 e. The predicted molar refractivity (Wildman–Crippen MR) is 51.9 cm³/mol. The van der Waals surface area contributed by atoms with Gasteiger partial charge in [-0.2, -0.15) is 0 Å². The van der Waals surface area contributed by atoms with Crippen molar-refractivity contribution in [3.05, 3.63) is 23.8 Å². The minimum absolute atomic E-state index is 0. The average Bonchev–Trinajstić information content (AvgIpc) is 2.66.